The van der Waals surface area contributed by atoms with Crippen LogP contribution in [0.1, 0.15) is 60.9 Å². The van der Waals surface area contributed by atoms with Crippen LogP contribution in [0, 0.1) is 0 Å². The van der Waals surface area contributed by atoms with Crippen LogP contribution in [0.5, 0.6) is 0 Å². The summed E-state index contributed by atoms with van der Waals surface area (Å²) in [5.74, 6) is 1.57. The molecule has 0 spiro atoms. The molecule has 1 aromatic heterocycles. The minimum absolute atomic E-state index is 0.120. The molecule has 2 unspecified atom stereocenters. The molecule has 1 amide bonds. The van der Waals surface area contributed by atoms with Crippen molar-refractivity contribution in [3.05, 3.63) is 11.6 Å². The second kappa shape index (κ2) is 4.84. The summed E-state index contributed by atoms with van der Waals surface area (Å²) in [5.41, 5.74) is 0. The van der Waals surface area contributed by atoms with Crippen LogP contribution in [0.15, 0.2) is 0 Å². The lowest BCUT2D eigenvalue weighted by Gasteiger charge is -2.32. The highest BCUT2D eigenvalue weighted by Gasteiger charge is 2.37. The van der Waals surface area contributed by atoms with Crippen LogP contribution in [0.3, 0.4) is 0 Å². The number of aromatic nitrogens is 3. The summed E-state index contributed by atoms with van der Waals surface area (Å²) in [4.78, 5) is 19.1. The molecule has 4 rings (SSSR count). The Morgan fingerprint density at radius 3 is 2.95 bits per heavy atom. The van der Waals surface area contributed by atoms with E-state index in [1.807, 2.05) is 0 Å². The summed E-state index contributed by atoms with van der Waals surface area (Å²) >= 11 is 0. The first-order valence-corrected chi connectivity index (χ1v) is 7.78. The van der Waals surface area contributed by atoms with Gasteiger partial charge in [0, 0.05) is 24.5 Å². The van der Waals surface area contributed by atoms with Crippen molar-refractivity contribution in [3.63, 3.8) is 0 Å². The Bertz CT molecular complexity index is 509. The summed E-state index contributed by atoms with van der Waals surface area (Å²) in [6, 6.07) is 0.792. The minimum Gasteiger partial charge on any atom is -0.345 e. The fourth-order valence-electron chi connectivity index (χ4n) is 3.56. The molecule has 3 aliphatic rings. The molecule has 6 heteroatoms. The zero-order chi connectivity index (χ0) is 13.5. The highest BCUT2D eigenvalue weighted by molar-refractivity contribution is 5.90. The summed E-state index contributed by atoms with van der Waals surface area (Å²) in [6.07, 6.45) is 7.15. The molecule has 3 fully saturated rings. The van der Waals surface area contributed by atoms with Gasteiger partial charge in [0.2, 0.25) is 5.82 Å². The lowest BCUT2D eigenvalue weighted by molar-refractivity contribution is 0.0905. The number of rotatable bonds is 3. The van der Waals surface area contributed by atoms with Crippen LogP contribution >= 0.6 is 0 Å². The Hall–Kier alpha value is -1.43. The Kier molecular flexibility index (Phi) is 2.98. The van der Waals surface area contributed by atoms with Gasteiger partial charge in [0.1, 0.15) is 5.82 Å². The second-order valence-corrected chi connectivity index (χ2v) is 6.29. The predicted molar refractivity (Wildman–Crippen MR) is 73.4 cm³/mol. The number of carbonyl (C=O) groups is 1. The molecule has 0 aromatic carbocycles. The quantitative estimate of drug-likeness (QED) is 0.864. The molecule has 0 bridgehead atoms. The third-order valence-electron chi connectivity index (χ3n) is 4.84. The summed E-state index contributed by atoms with van der Waals surface area (Å²) in [6.45, 7) is 2.29. The monoisotopic (exact) mass is 275 g/mol. The first kappa shape index (κ1) is 12.3. The van der Waals surface area contributed by atoms with Crippen LogP contribution in [0.2, 0.25) is 0 Å². The van der Waals surface area contributed by atoms with Gasteiger partial charge in [-0.2, -0.15) is 0 Å². The number of hydrogen-bond acceptors (Lipinski definition) is 4. The van der Waals surface area contributed by atoms with Crippen LogP contribution < -0.4 is 5.32 Å². The van der Waals surface area contributed by atoms with E-state index in [2.05, 4.69) is 25.4 Å². The Balaban J connectivity index is 1.41. The van der Waals surface area contributed by atoms with Crippen molar-refractivity contribution in [2.45, 2.75) is 56.5 Å². The number of carbonyl (C=O) groups excluding carboxylic acids is 1. The Morgan fingerprint density at radius 1 is 1.20 bits per heavy atom. The van der Waals surface area contributed by atoms with Crippen molar-refractivity contribution >= 4 is 5.91 Å². The number of fused-ring (bicyclic) bond motifs is 1. The largest absolute Gasteiger partial charge is 0.345 e. The van der Waals surface area contributed by atoms with Gasteiger partial charge < -0.3 is 5.32 Å². The van der Waals surface area contributed by atoms with Crippen LogP contribution in [0.4, 0.5) is 0 Å². The number of nitrogens with zero attached hydrogens (tertiary/aromatic N) is 3. The molecule has 3 heterocycles. The molecule has 2 N–H and O–H groups in total. The van der Waals surface area contributed by atoms with Crippen LogP contribution in [-0.4, -0.2) is 51.2 Å². The van der Waals surface area contributed by atoms with Crippen LogP contribution in [0.25, 0.3) is 0 Å². The number of H-pyrrole nitrogens is 1. The lowest BCUT2D eigenvalue weighted by Crippen LogP contribution is -2.47. The van der Waals surface area contributed by atoms with Crippen LogP contribution in [-0.2, 0) is 0 Å². The average molecular weight is 275 g/mol. The first-order chi connectivity index (χ1) is 9.81. The molecule has 108 valence electrons. The summed E-state index contributed by atoms with van der Waals surface area (Å²) < 4.78 is 0. The first-order valence-electron chi connectivity index (χ1n) is 7.78. The van der Waals surface area contributed by atoms with E-state index >= 15 is 0 Å². The molecule has 6 nitrogen and oxygen atoms in total. The summed E-state index contributed by atoms with van der Waals surface area (Å²) in [5, 5.41) is 10.1. The van der Waals surface area contributed by atoms with Crippen molar-refractivity contribution in [1.82, 2.24) is 25.4 Å². The van der Waals surface area contributed by atoms with Gasteiger partial charge in [0.15, 0.2) is 0 Å². The number of piperidine rings is 1. The number of hydrogen-bond donors (Lipinski definition) is 2. The Labute approximate surface area is 118 Å². The third-order valence-corrected chi connectivity index (χ3v) is 4.84. The molecule has 2 atom stereocenters. The predicted octanol–water partition coefficient (Wildman–Crippen LogP) is 1.04. The van der Waals surface area contributed by atoms with E-state index in [-0.39, 0.29) is 11.9 Å². The topological polar surface area (TPSA) is 73.9 Å². The van der Waals surface area contributed by atoms with Crippen molar-refractivity contribution in [2.75, 3.05) is 13.1 Å². The zero-order valence-electron chi connectivity index (χ0n) is 11.6. The molecule has 0 radical (unpaired) electrons. The maximum atomic E-state index is 12.3. The van der Waals surface area contributed by atoms with E-state index in [1.54, 1.807) is 0 Å². The minimum atomic E-state index is -0.120. The van der Waals surface area contributed by atoms with Crippen molar-refractivity contribution < 1.29 is 4.79 Å². The molecule has 20 heavy (non-hydrogen) atoms. The van der Waals surface area contributed by atoms with Gasteiger partial charge in [-0.3, -0.25) is 14.8 Å². The molecular formula is C14H21N5O. The standard InChI is InChI=1S/C14H21N5O/c20-14(13-16-12(17-18-13)9-4-5-9)15-10-6-8-19-7-2-1-3-11(10)19/h9-11H,1-8H2,(H,15,20)(H,16,17,18). The van der Waals surface area contributed by atoms with E-state index in [0.717, 1.165) is 31.6 Å². The van der Waals surface area contributed by atoms with E-state index in [4.69, 9.17) is 0 Å². The molecular weight excluding hydrogens is 254 g/mol. The summed E-state index contributed by atoms with van der Waals surface area (Å²) in [7, 11) is 0. The van der Waals surface area contributed by atoms with Crippen molar-refractivity contribution in [3.8, 4) is 0 Å². The van der Waals surface area contributed by atoms with Crippen molar-refractivity contribution in [1.29, 1.82) is 0 Å². The highest BCUT2D eigenvalue weighted by Crippen LogP contribution is 2.37. The van der Waals surface area contributed by atoms with E-state index in [1.165, 1.54) is 25.8 Å². The van der Waals surface area contributed by atoms with Crippen molar-refractivity contribution in [2.24, 2.45) is 0 Å². The molecule has 1 saturated carbocycles. The number of aromatic amines is 1. The third kappa shape index (κ3) is 2.22. The average Bonchev–Trinajstić information content (AvgIpc) is 3.06. The van der Waals surface area contributed by atoms with E-state index < -0.39 is 0 Å². The fraction of sp³-hybridized carbons (Fsp3) is 0.786. The second-order valence-electron chi connectivity index (χ2n) is 6.29. The number of nitrogens with one attached hydrogen (secondary N) is 2. The van der Waals surface area contributed by atoms with E-state index in [0.29, 0.717) is 17.8 Å². The fourth-order valence-corrected chi connectivity index (χ4v) is 3.56. The molecule has 1 aliphatic carbocycles. The zero-order valence-corrected chi connectivity index (χ0v) is 11.6. The normalized spacial score (nSPS) is 30.2. The van der Waals surface area contributed by atoms with Gasteiger partial charge in [-0.15, -0.1) is 5.10 Å². The molecule has 2 saturated heterocycles. The van der Waals surface area contributed by atoms with Gasteiger partial charge in [0.05, 0.1) is 0 Å². The molecule has 2 aliphatic heterocycles. The lowest BCUT2D eigenvalue weighted by atomic mass is 9.99. The SMILES string of the molecule is O=C(NC1CCN2CCCCC12)c1n[nH]c(C2CC2)n1. The van der Waals surface area contributed by atoms with Gasteiger partial charge >= 0.3 is 0 Å². The van der Waals surface area contributed by atoms with Gasteiger partial charge in [-0.25, -0.2) is 4.98 Å². The highest BCUT2D eigenvalue weighted by atomic mass is 16.2. The van der Waals surface area contributed by atoms with Gasteiger partial charge in [-0.05, 0) is 38.6 Å². The smallest absolute Gasteiger partial charge is 0.291 e. The number of amides is 1. The van der Waals surface area contributed by atoms with Gasteiger partial charge in [0.25, 0.3) is 5.91 Å². The Morgan fingerprint density at radius 2 is 2.10 bits per heavy atom. The maximum Gasteiger partial charge on any atom is 0.291 e. The van der Waals surface area contributed by atoms with E-state index in [9.17, 15) is 4.79 Å². The maximum absolute atomic E-state index is 12.3. The van der Waals surface area contributed by atoms with Gasteiger partial charge in [-0.1, -0.05) is 6.42 Å². The molecule has 1 aromatic rings.